The third kappa shape index (κ3) is 2.80. The molecule has 6 nitrogen and oxygen atoms in total. The second-order valence-electron chi connectivity index (χ2n) is 6.27. The van der Waals surface area contributed by atoms with Crippen LogP contribution in [0.2, 0.25) is 0 Å². The lowest BCUT2D eigenvalue weighted by Crippen LogP contribution is -2.41. The van der Waals surface area contributed by atoms with Crippen molar-refractivity contribution >= 4 is 24.0 Å². The molecule has 1 saturated heterocycles. The number of hydrogen-bond donors (Lipinski definition) is 1. The number of hydrogen-bond acceptors (Lipinski definition) is 5. The molecule has 1 aliphatic rings. The summed E-state index contributed by atoms with van der Waals surface area (Å²) in [7, 11) is -0.973. The molecule has 1 N–H and O–H groups in total. The van der Waals surface area contributed by atoms with Crippen molar-refractivity contribution in [1.29, 1.82) is 0 Å². The van der Waals surface area contributed by atoms with Crippen molar-refractivity contribution in [3.8, 4) is 0 Å². The van der Waals surface area contributed by atoms with Gasteiger partial charge in [0.25, 0.3) is 5.69 Å². The Morgan fingerprint density at radius 1 is 1.27 bits per heavy atom. The van der Waals surface area contributed by atoms with Gasteiger partial charge in [-0.3, -0.25) is 10.1 Å². The highest BCUT2D eigenvalue weighted by Gasteiger charge is 2.52. The molecule has 1 heterocycles. The number of nitro benzene ring substituents is 1. The number of nitrogens with one attached hydrogen (secondary N) is 1. The van der Waals surface area contributed by atoms with Crippen LogP contribution in [0.25, 0.3) is 0 Å². The third-order valence-electron chi connectivity index (χ3n) is 4.19. The zero-order chi connectivity index (χ0) is 16.7. The smallest absolute Gasteiger partial charge is 0.399 e. The predicted octanol–water partition coefficient (Wildman–Crippen LogP) is 2.46. The Bertz CT molecular complexity index is 591. The molecule has 0 saturated carbocycles. The Balaban J connectivity index is 2.45. The molecule has 22 heavy (non-hydrogen) atoms. The van der Waals surface area contributed by atoms with Crippen LogP contribution in [-0.4, -0.2) is 29.8 Å². The second kappa shape index (κ2) is 5.51. The lowest BCUT2D eigenvalue weighted by atomic mass is 9.78. The average Bonchev–Trinajstić information content (AvgIpc) is 2.58. The first-order chi connectivity index (χ1) is 10.1. The van der Waals surface area contributed by atoms with Crippen LogP contribution in [0, 0.1) is 15.9 Å². The fraction of sp³-hybridized carbons (Fsp3) is 0.571. The van der Waals surface area contributed by atoms with Crippen molar-refractivity contribution in [3.63, 3.8) is 0 Å². The highest BCUT2D eigenvalue weighted by molar-refractivity contribution is 6.62. The molecule has 1 aromatic carbocycles. The van der Waals surface area contributed by atoms with Crippen LogP contribution in [0.1, 0.15) is 34.6 Å². The van der Waals surface area contributed by atoms with Crippen LogP contribution in [-0.2, 0) is 9.31 Å². The van der Waals surface area contributed by atoms with Gasteiger partial charge in [0, 0.05) is 24.1 Å². The summed E-state index contributed by atoms with van der Waals surface area (Å²) < 4.78 is 25.9. The molecule has 2 rings (SSSR count). The molecule has 1 aliphatic heterocycles. The fourth-order valence-electron chi connectivity index (χ4n) is 2.21. The average molecular weight is 310 g/mol. The number of anilines is 1. The van der Waals surface area contributed by atoms with E-state index < -0.39 is 29.1 Å². The van der Waals surface area contributed by atoms with Gasteiger partial charge in [0.15, 0.2) is 0 Å². The number of nitro groups is 1. The standard InChI is InChI=1S/C14H20BFN2O4/c1-6-17-11-8-10(16)9(7-12(11)18(19)20)15-21-13(2,3)14(4,5)22-15/h7-8,17H,6H2,1-5H3. The second-order valence-corrected chi connectivity index (χ2v) is 6.27. The molecule has 0 amide bonds. The van der Waals surface area contributed by atoms with Crippen molar-refractivity contribution in [3.05, 3.63) is 28.1 Å². The first-order valence-corrected chi connectivity index (χ1v) is 7.16. The van der Waals surface area contributed by atoms with Crippen molar-refractivity contribution < 1.29 is 18.6 Å². The van der Waals surface area contributed by atoms with Crippen LogP contribution in [0.5, 0.6) is 0 Å². The SMILES string of the molecule is CCNc1cc(F)c(B2OC(C)(C)C(C)(C)O2)cc1[N+](=O)[O-]. The summed E-state index contributed by atoms with van der Waals surface area (Å²) in [5.41, 5.74) is -1.30. The number of halogens is 1. The van der Waals surface area contributed by atoms with Gasteiger partial charge in [0.1, 0.15) is 11.5 Å². The first kappa shape index (κ1) is 16.7. The molecule has 1 fully saturated rings. The van der Waals surface area contributed by atoms with E-state index in [-0.39, 0.29) is 16.8 Å². The van der Waals surface area contributed by atoms with E-state index in [9.17, 15) is 14.5 Å². The fourth-order valence-corrected chi connectivity index (χ4v) is 2.21. The van der Waals surface area contributed by atoms with Gasteiger partial charge in [-0.25, -0.2) is 4.39 Å². The molecule has 0 aromatic heterocycles. The van der Waals surface area contributed by atoms with Crippen LogP contribution in [0.3, 0.4) is 0 Å². The monoisotopic (exact) mass is 310 g/mol. The van der Waals surface area contributed by atoms with Gasteiger partial charge in [0.2, 0.25) is 0 Å². The molecule has 0 radical (unpaired) electrons. The van der Waals surface area contributed by atoms with Crippen molar-refractivity contribution in [2.75, 3.05) is 11.9 Å². The minimum absolute atomic E-state index is 0.0343. The first-order valence-electron chi connectivity index (χ1n) is 7.16. The summed E-state index contributed by atoms with van der Waals surface area (Å²) in [5.74, 6) is -0.597. The minimum atomic E-state index is -0.973. The largest absolute Gasteiger partial charge is 0.498 e. The summed E-state index contributed by atoms with van der Waals surface area (Å²) in [6.45, 7) is 9.59. The van der Waals surface area contributed by atoms with Gasteiger partial charge in [0.05, 0.1) is 16.1 Å². The summed E-state index contributed by atoms with van der Waals surface area (Å²) in [6, 6.07) is 2.29. The number of rotatable bonds is 4. The van der Waals surface area contributed by atoms with Gasteiger partial charge in [-0.15, -0.1) is 0 Å². The Morgan fingerprint density at radius 2 is 1.82 bits per heavy atom. The molecule has 0 spiro atoms. The molecule has 0 bridgehead atoms. The molecule has 0 aliphatic carbocycles. The van der Waals surface area contributed by atoms with E-state index >= 15 is 0 Å². The van der Waals surface area contributed by atoms with Gasteiger partial charge in [-0.1, -0.05) is 0 Å². The van der Waals surface area contributed by atoms with E-state index in [0.717, 1.165) is 6.07 Å². The predicted molar refractivity (Wildman–Crippen MR) is 82.9 cm³/mol. The van der Waals surface area contributed by atoms with Crippen LogP contribution in [0.15, 0.2) is 12.1 Å². The van der Waals surface area contributed by atoms with E-state index in [2.05, 4.69) is 5.32 Å². The maximum Gasteiger partial charge on any atom is 0.498 e. The van der Waals surface area contributed by atoms with Crippen molar-refractivity contribution in [2.45, 2.75) is 45.8 Å². The van der Waals surface area contributed by atoms with E-state index in [1.807, 2.05) is 27.7 Å². The molecule has 1 aromatic rings. The molecule has 8 heteroatoms. The topological polar surface area (TPSA) is 73.6 Å². The highest BCUT2D eigenvalue weighted by atomic mass is 19.1. The van der Waals surface area contributed by atoms with Crippen LogP contribution < -0.4 is 10.8 Å². The molecule has 0 unspecified atom stereocenters. The molecule has 0 atom stereocenters. The summed E-state index contributed by atoms with van der Waals surface area (Å²) in [4.78, 5) is 10.6. The minimum Gasteiger partial charge on any atom is -0.399 e. The maximum absolute atomic E-state index is 14.3. The summed E-state index contributed by atoms with van der Waals surface area (Å²) in [5, 5.41) is 14.0. The maximum atomic E-state index is 14.3. The van der Waals surface area contributed by atoms with Crippen molar-refractivity contribution in [1.82, 2.24) is 0 Å². The molecular formula is C14H20BFN2O4. The summed E-state index contributed by atoms with van der Waals surface area (Å²) >= 11 is 0. The Hall–Kier alpha value is -1.67. The summed E-state index contributed by atoms with van der Waals surface area (Å²) in [6.07, 6.45) is 0. The Morgan fingerprint density at radius 3 is 2.27 bits per heavy atom. The van der Waals surface area contributed by atoms with E-state index in [4.69, 9.17) is 9.31 Å². The van der Waals surface area contributed by atoms with Crippen LogP contribution >= 0.6 is 0 Å². The molecular weight excluding hydrogens is 290 g/mol. The lowest BCUT2D eigenvalue weighted by molar-refractivity contribution is -0.383. The van der Waals surface area contributed by atoms with Crippen LogP contribution in [0.4, 0.5) is 15.8 Å². The van der Waals surface area contributed by atoms with E-state index in [1.165, 1.54) is 6.07 Å². The highest BCUT2D eigenvalue weighted by Crippen LogP contribution is 2.37. The Kier molecular flexibility index (Phi) is 4.19. The van der Waals surface area contributed by atoms with Gasteiger partial charge < -0.3 is 14.6 Å². The quantitative estimate of drug-likeness (QED) is 0.525. The van der Waals surface area contributed by atoms with Gasteiger partial charge in [-0.2, -0.15) is 0 Å². The van der Waals surface area contributed by atoms with Gasteiger partial charge >= 0.3 is 7.12 Å². The third-order valence-corrected chi connectivity index (χ3v) is 4.19. The van der Waals surface area contributed by atoms with Crippen molar-refractivity contribution in [2.24, 2.45) is 0 Å². The van der Waals surface area contributed by atoms with E-state index in [0.29, 0.717) is 6.54 Å². The van der Waals surface area contributed by atoms with Gasteiger partial charge in [-0.05, 0) is 34.6 Å². The zero-order valence-electron chi connectivity index (χ0n) is 13.4. The number of benzene rings is 1. The zero-order valence-corrected chi connectivity index (χ0v) is 13.4. The molecule has 120 valence electrons. The number of nitrogens with zero attached hydrogens (tertiary/aromatic N) is 1. The normalized spacial score (nSPS) is 19.3. The van der Waals surface area contributed by atoms with E-state index in [1.54, 1.807) is 6.92 Å². The Labute approximate surface area is 129 Å². The lowest BCUT2D eigenvalue weighted by Gasteiger charge is -2.32.